The van der Waals surface area contributed by atoms with Gasteiger partial charge in [0.2, 0.25) is 0 Å². The van der Waals surface area contributed by atoms with Gasteiger partial charge in [0.25, 0.3) is 0 Å². The molecule has 2 aromatic rings. The van der Waals surface area contributed by atoms with Crippen LogP contribution in [0.5, 0.6) is 11.5 Å². The smallest absolute Gasteiger partial charge is 0.434 e. The molecule has 0 bridgehead atoms. The van der Waals surface area contributed by atoms with Gasteiger partial charge in [0.05, 0.1) is 5.56 Å². The van der Waals surface area contributed by atoms with Crippen molar-refractivity contribution in [3.63, 3.8) is 0 Å². The van der Waals surface area contributed by atoms with E-state index < -0.39 is 47.3 Å². The molecule has 0 aliphatic carbocycles. The van der Waals surface area contributed by atoms with Gasteiger partial charge in [0, 0.05) is 11.1 Å². The molecule has 0 spiro atoms. The molecule has 0 saturated carbocycles. The number of hydrogen-bond donors (Lipinski definition) is 0. The van der Waals surface area contributed by atoms with E-state index in [2.05, 4.69) is 9.47 Å². The van der Waals surface area contributed by atoms with Crippen LogP contribution in [-0.2, 0) is 6.18 Å². The average molecular weight is 372 g/mol. The number of benzene rings is 2. The van der Waals surface area contributed by atoms with E-state index in [0.717, 1.165) is 18.2 Å². The number of rotatable bonds is 4. The van der Waals surface area contributed by atoms with E-state index in [0.29, 0.717) is 18.2 Å². The average Bonchev–Trinajstić information content (AvgIpc) is 2.45. The summed E-state index contributed by atoms with van der Waals surface area (Å²) in [6, 6.07) is 5.69. The zero-order valence-electron chi connectivity index (χ0n) is 12.0. The minimum absolute atomic E-state index is 0.413. The molecule has 0 atom stereocenters. The highest BCUT2D eigenvalue weighted by atomic mass is 19.4. The van der Waals surface area contributed by atoms with E-state index in [1.807, 2.05) is 0 Å². The molecule has 0 aromatic heterocycles. The molecule has 2 rings (SSSR count). The number of hydrogen-bond acceptors (Lipinski definition) is 2. The molecule has 0 amide bonds. The van der Waals surface area contributed by atoms with Crippen molar-refractivity contribution in [1.82, 2.24) is 0 Å². The Balaban J connectivity index is 2.63. The van der Waals surface area contributed by atoms with Gasteiger partial charge in [0.15, 0.2) is 0 Å². The quantitative estimate of drug-likeness (QED) is 0.625. The number of para-hydroxylation sites is 1. The molecule has 10 heteroatoms. The molecule has 0 saturated heterocycles. The fourth-order valence-corrected chi connectivity index (χ4v) is 2.02. The highest BCUT2D eigenvalue weighted by Crippen LogP contribution is 2.42. The first-order chi connectivity index (χ1) is 11.5. The molecule has 0 fully saturated rings. The molecule has 0 N–H and O–H groups in total. The third-order valence-corrected chi connectivity index (χ3v) is 2.93. The third-order valence-electron chi connectivity index (χ3n) is 2.93. The normalized spacial score (nSPS) is 12.4. The Morgan fingerprint density at radius 2 is 1.40 bits per heavy atom. The summed E-state index contributed by atoms with van der Waals surface area (Å²) in [5.74, 6) is -1.57. The second kappa shape index (κ2) is 6.77. The van der Waals surface area contributed by atoms with E-state index in [1.165, 1.54) is 6.07 Å². The lowest BCUT2D eigenvalue weighted by Gasteiger charge is -2.17. The van der Waals surface area contributed by atoms with Crippen LogP contribution in [0.25, 0.3) is 11.1 Å². The SMILES string of the molecule is FC(F)Oc1ccc(C(F)(F)F)cc1-c1ccccc1OC(F)(F)F. The minimum atomic E-state index is -5.12. The van der Waals surface area contributed by atoms with Gasteiger partial charge in [-0.25, -0.2) is 0 Å². The number of ether oxygens (including phenoxy) is 2. The Morgan fingerprint density at radius 3 is 1.96 bits per heavy atom. The summed E-state index contributed by atoms with van der Waals surface area (Å²) >= 11 is 0. The number of halogens is 8. The lowest BCUT2D eigenvalue weighted by Crippen LogP contribution is -2.17. The molecule has 0 unspecified atom stereocenters. The predicted molar refractivity (Wildman–Crippen MR) is 70.2 cm³/mol. The van der Waals surface area contributed by atoms with Crippen LogP contribution in [0.3, 0.4) is 0 Å². The zero-order valence-corrected chi connectivity index (χ0v) is 12.0. The molecule has 25 heavy (non-hydrogen) atoms. The van der Waals surface area contributed by atoms with Crippen LogP contribution < -0.4 is 9.47 Å². The van der Waals surface area contributed by atoms with Gasteiger partial charge in [-0.15, -0.1) is 13.2 Å². The fourth-order valence-electron chi connectivity index (χ4n) is 2.02. The molecule has 0 aliphatic heterocycles. The summed E-state index contributed by atoms with van der Waals surface area (Å²) in [6.07, 6.45) is -9.96. The second-order valence-electron chi connectivity index (χ2n) is 4.63. The van der Waals surface area contributed by atoms with Crippen molar-refractivity contribution >= 4 is 0 Å². The first-order valence-electron chi connectivity index (χ1n) is 6.48. The van der Waals surface area contributed by atoms with E-state index in [-0.39, 0.29) is 0 Å². The summed E-state index contributed by atoms with van der Waals surface area (Å²) in [6.45, 7) is -3.38. The molecular weight excluding hydrogens is 364 g/mol. The van der Waals surface area contributed by atoms with Crippen molar-refractivity contribution in [2.75, 3.05) is 0 Å². The molecule has 0 aliphatic rings. The minimum Gasteiger partial charge on any atom is -0.434 e. The molecule has 136 valence electrons. The Labute approximate surface area is 135 Å². The van der Waals surface area contributed by atoms with Crippen LogP contribution in [-0.4, -0.2) is 13.0 Å². The lowest BCUT2D eigenvalue weighted by atomic mass is 10.0. The Kier molecular flexibility index (Phi) is 5.09. The standard InChI is InChI=1S/C15H8F8O2/c16-13(17)24-11-6-5-8(14(18,19)20)7-10(11)9-3-1-2-4-12(9)25-15(21,22)23/h1-7,13H. The largest absolute Gasteiger partial charge is 0.573 e. The first kappa shape index (κ1) is 18.8. The maximum atomic E-state index is 12.8. The van der Waals surface area contributed by atoms with Crippen LogP contribution in [0.15, 0.2) is 42.5 Å². The van der Waals surface area contributed by atoms with Crippen molar-refractivity contribution in [2.45, 2.75) is 19.2 Å². The van der Waals surface area contributed by atoms with Crippen molar-refractivity contribution < 1.29 is 44.6 Å². The summed E-state index contributed by atoms with van der Waals surface area (Å²) in [7, 11) is 0. The van der Waals surface area contributed by atoms with Crippen molar-refractivity contribution in [3.05, 3.63) is 48.0 Å². The van der Waals surface area contributed by atoms with Gasteiger partial charge in [-0.05, 0) is 24.3 Å². The maximum absolute atomic E-state index is 12.8. The lowest BCUT2D eigenvalue weighted by molar-refractivity contribution is -0.274. The highest BCUT2D eigenvalue weighted by Gasteiger charge is 2.34. The van der Waals surface area contributed by atoms with Gasteiger partial charge in [-0.2, -0.15) is 22.0 Å². The van der Waals surface area contributed by atoms with Gasteiger partial charge in [-0.1, -0.05) is 18.2 Å². The Hall–Kier alpha value is -2.52. The molecule has 2 nitrogen and oxygen atoms in total. The van der Waals surface area contributed by atoms with Crippen LogP contribution in [0.1, 0.15) is 5.56 Å². The third kappa shape index (κ3) is 4.97. The second-order valence-corrected chi connectivity index (χ2v) is 4.63. The molecule has 2 aromatic carbocycles. The van der Waals surface area contributed by atoms with E-state index in [4.69, 9.17) is 0 Å². The number of alkyl halides is 8. The molecule has 0 radical (unpaired) electrons. The van der Waals surface area contributed by atoms with Gasteiger partial charge < -0.3 is 9.47 Å². The van der Waals surface area contributed by atoms with Crippen molar-refractivity contribution in [3.8, 4) is 22.6 Å². The summed E-state index contributed by atoms with van der Waals surface area (Å²) in [5.41, 5.74) is -2.34. The highest BCUT2D eigenvalue weighted by molar-refractivity contribution is 5.76. The summed E-state index contributed by atoms with van der Waals surface area (Å²) < 4.78 is 109. The molecular formula is C15H8F8O2. The zero-order chi connectivity index (χ0) is 18.8. The monoisotopic (exact) mass is 372 g/mol. The molecule has 0 heterocycles. The Morgan fingerprint density at radius 1 is 0.760 bits per heavy atom. The Bertz CT molecular complexity index is 737. The van der Waals surface area contributed by atoms with Crippen LogP contribution >= 0.6 is 0 Å². The van der Waals surface area contributed by atoms with E-state index in [9.17, 15) is 35.1 Å². The summed E-state index contributed by atoms with van der Waals surface area (Å²) in [4.78, 5) is 0. The van der Waals surface area contributed by atoms with Crippen molar-refractivity contribution in [2.24, 2.45) is 0 Å². The van der Waals surface area contributed by atoms with E-state index >= 15 is 0 Å². The maximum Gasteiger partial charge on any atom is 0.573 e. The first-order valence-corrected chi connectivity index (χ1v) is 6.48. The van der Waals surface area contributed by atoms with Gasteiger partial charge in [0.1, 0.15) is 11.5 Å². The predicted octanol–water partition coefficient (Wildman–Crippen LogP) is 5.87. The van der Waals surface area contributed by atoms with Crippen LogP contribution in [0.2, 0.25) is 0 Å². The van der Waals surface area contributed by atoms with E-state index in [1.54, 1.807) is 0 Å². The van der Waals surface area contributed by atoms with Gasteiger partial charge in [-0.3, -0.25) is 0 Å². The topological polar surface area (TPSA) is 18.5 Å². The van der Waals surface area contributed by atoms with Crippen LogP contribution in [0, 0.1) is 0 Å². The van der Waals surface area contributed by atoms with Crippen LogP contribution in [0.4, 0.5) is 35.1 Å². The van der Waals surface area contributed by atoms with Crippen molar-refractivity contribution in [1.29, 1.82) is 0 Å². The fraction of sp³-hybridized carbons (Fsp3) is 0.200. The summed E-state index contributed by atoms with van der Waals surface area (Å²) in [5, 5.41) is 0. The van der Waals surface area contributed by atoms with Gasteiger partial charge >= 0.3 is 19.2 Å².